The van der Waals surface area contributed by atoms with Crippen LogP contribution < -0.4 is 10.0 Å². The predicted octanol–water partition coefficient (Wildman–Crippen LogP) is 0.458. The van der Waals surface area contributed by atoms with Crippen LogP contribution in [0.4, 0.5) is 0 Å². The van der Waals surface area contributed by atoms with Gasteiger partial charge >= 0.3 is 11.9 Å². The highest BCUT2D eigenvalue weighted by Gasteiger charge is 2.25. The maximum Gasteiger partial charge on any atom is 0.339 e. The molecule has 0 saturated carbocycles. The predicted molar refractivity (Wildman–Crippen MR) is 89.9 cm³/mol. The van der Waals surface area contributed by atoms with E-state index in [9.17, 15) is 18.0 Å². The second kappa shape index (κ2) is 8.24. The number of benzene rings is 1. The molecule has 0 atom stereocenters. The molecule has 0 spiro atoms. The van der Waals surface area contributed by atoms with Gasteiger partial charge in [-0.2, -0.15) is 0 Å². The van der Waals surface area contributed by atoms with Crippen molar-refractivity contribution in [3.8, 4) is 0 Å². The zero-order chi connectivity index (χ0) is 18.4. The van der Waals surface area contributed by atoms with Crippen molar-refractivity contribution in [2.45, 2.75) is 11.3 Å². The Kier molecular flexibility index (Phi) is 6.29. The summed E-state index contributed by atoms with van der Waals surface area (Å²) >= 11 is 0. The molecule has 0 bridgehead atoms. The summed E-state index contributed by atoms with van der Waals surface area (Å²) in [6, 6.07) is 3.65. The van der Waals surface area contributed by atoms with Crippen LogP contribution in [0.25, 0.3) is 0 Å². The van der Waals surface area contributed by atoms with Gasteiger partial charge in [0.2, 0.25) is 10.0 Å². The fourth-order valence-corrected chi connectivity index (χ4v) is 3.62. The molecule has 1 aromatic carbocycles. The zero-order valence-corrected chi connectivity index (χ0v) is 14.8. The molecule has 0 saturated heterocycles. The van der Waals surface area contributed by atoms with Crippen LogP contribution in [0.3, 0.4) is 0 Å². The first-order valence-electron chi connectivity index (χ1n) is 7.58. The zero-order valence-electron chi connectivity index (χ0n) is 14.0. The molecule has 0 unspecified atom stereocenters. The van der Waals surface area contributed by atoms with E-state index in [2.05, 4.69) is 19.5 Å². The summed E-state index contributed by atoms with van der Waals surface area (Å²) in [4.78, 5) is 23.2. The molecule has 1 aliphatic heterocycles. The van der Waals surface area contributed by atoms with Gasteiger partial charge in [0.15, 0.2) is 0 Å². The summed E-state index contributed by atoms with van der Waals surface area (Å²) in [5.41, 5.74) is 0.824. The van der Waals surface area contributed by atoms with Crippen molar-refractivity contribution >= 4 is 22.0 Å². The minimum atomic E-state index is -4.03. The van der Waals surface area contributed by atoms with Gasteiger partial charge in [0.1, 0.15) is 0 Å². The van der Waals surface area contributed by atoms with Crippen molar-refractivity contribution in [3.05, 3.63) is 41.0 Å². The van der Waals surface area contributed by atoms with Crippen LogP contribution in [0.15, 0.2) is 34.7 Å². The minimum absolute atomic E-state index is 0.0246. The number of hydrogen-bond acceptors (Lipinski definition) is 7. The Morgan fingerprint density at radius 3 is 2.52 bits per heavy atom. The highest BCUT2D eigenvalue weighted by Crippen LogP contribution is 2.20. The Morgan fingerprint density at radius 2 is 1.92 bits per heavy atom. The summed E-state index contributed by atoms with van der Waals surface area (Å²) in [7, 11) is -1.69. The first-order valence-corrected chi connectivity index (χ1v) is 9.06. The Balaban J connectivity index is 2.36. The Labute approximate surface area is 146 Å². The van der Waals surface area contributed by atoms with E-state index in [-0.39, 0.29) is 22.6 Å². The molecule has 25 heavy (non-hydrogen) atoms. The summed E-state index contributed by atoms with van der Waals surface area (Å²) in [6.07, 6.45) is 2.65. The monoisotopic (exact) mass is 368 g/mol. The Hall–Kier alpha value is -2.23. The van der Waals surface area contributed by atoms with Crippen LogP contribution in [0.5, 0.6) is 0 Å². The van der Waals surface area contributed by atoms with E-state index in [1.165, 1.54) is 19.2 Å². The highest BCUT2D eigenvalue weighted by molar-refractivity contribution is 7.89. The second-order valence-electron chi connectivity index (χ2n) is 5.34. The third kappa shape index (κ3) is 4.65. The quantitative estimate of drug-likeness (QED) is 0.554. The number of carbonyl (C=O) groups is 2. The molecule has 1 aromatic rings. The maximum absolute atomic E-state index is 12.7. The molecule has 1 heterocycles. The molecule has 0 fully saturated rings. The van der Waals surface area contributed by atoms with Crippen LogP contribution in [-0.2, 0) is 19.5 Å². The van der Waals surface area contributed by atoms with Crippen molar-refractivity contribution in [3.63, 3.8) is 0 Å². The number of carbonyl (C=O) groups excluding carboxylic acids is 2. The minimum Gasteiger partial charge on any atom is -0.465 e. The first kappa shape index (κ1) is 19.1. The van der Waals surface area contributed by atoms with Gasteiger partial charge in [0, 0.05) is 13.1 Å². The van der Waals surface area contributed by atoms with E-state index in [1.54, 1.807) is 0 Å². The van der Waals surface area contributed by atoms with Crippen molar-refractivity contribution < 1.29 is 27.5 Å². The number of rotatable bonds is 6. The van der Waals surface area contributed by atoms with Crippen molar-refractivity contribution in [1.29, 1.82) is 0 Å². The lowest BCUT2D eigenvalue weighted by Gasteiger charge is -2.16. The van der Waals surface area contributed by atoms with Crippen molar-refractivity contribution in [1.82, 2.24) is 10.0 Å². The fraction of sp³-hybridized carbons (Fsp3) is 0.375. The van der Waals surface area contributed by atoms with E-state index in [1.807, 2.05) is 6.08 Å². The first-order chi connectivity index (χ1) is 11.9. The molecule has 1 aliphatic rings. The van der Waals surface area contributed by atoms with E-state index in [0.29, 0.717) is 6.54 Å². The lowest BCUT2D eigenvalue weighted by molar-refractivity contribution is 0.0583. The van der Waals surface area contributed by atoms with Crippen molar-refractivity contribution in [2.24, 2.45) is 0 Å². The van der Waals surface area contributed by atoms with Crippen LogP contribution in [0, 0.1) is 0 Å². The van der Waals surface area contributed by atoms with Gasteiger partial charge in [-0.25, -0.2) is 22.7 Å². The van der Waals surface area contributed by atoms with Gasteiger partial charge in [0.25, 0.3) is 0 Å². The molecule has 2 rings (SSSR count). The number of ether oxygens (including phenoxy) is 2. The summed E-state index contributed by atoms with van der Waals surface area (Å²) in [6.45, 7) is 1.59. The molecule has 0 amide bonds. The van der Waals surface area contributed by atoms with E-state index in [4.69, 9.17) is 0 Å². The standard InChI is InChI=1S/C16H20N2O6S/c1-23-15(19)12-3-4-13(16(20)24-2)14(9-12)25(21,22)18-10-11-5-7-17-8-6-11/h3-5,9,17-18H,6-8,10H2,1-2H3. The molecular weight excluding hydrogens is 348 g/mol. The Morgan fingerprint density at radius 1 is 1.20 bits per heavy atom. The van der Waals surface area contributed by atoms with Gasteiger partial charge in [-0.1, -0.05) is 11.6 Å². The van der Waals surface area contributed by atoms with Crippen LogP contribution in [-0.4, -0.2) is 54.2 Å². The number of esters is 2. The molecule has 0 aliphatic carbocycles. The lowest BCUT2D eigenvalue weighted by atomic mass is 10.1. The second-order valence-corrected chi connectivity index (χ2v) is 7.07. The maximum atomic E-state index is 12.7. The number of sulfonamides is 1. The Bertz CT molecular complexity index is 801. The topological polar surface area (TPSA) is 111 Å². The summed E-state index contributed by atoms with van der Waals surface area (Å²) < 4.78 is 37.0. The largest absolute Gasteiger partial charge is 0.465 e. The molecule has 2 N–H and O–H groups in total. The van der Waals surface area contributed by atoms with Crippen LogP contribution >= 0.6 is 0 Å². The smallest absolute Gasteiger partial charge is 0.339 e. The molecule has 0 radical (unpaired) electrons. The third-order valence-electron chi connectivity index (χ3n) is 3.74. The number of hydrogen-bond donors (Lipinski definition) is 2. The van der Waals surface area contributed by atoms with Crippen LogP contribution in [0.2, 0.25) is 0 Å². The normalized spacial score (nSPS) is 14.6. The SMILES string of the molecule is COC(=O)c1ccc(C(=O)OC)c(S(=O)(=O)NCC2=CCNCC2)c1. The highest BCUT2D eigenvalue weighted by atomic mass is 32.2. The average Bonchev–Trinajstić information content (AvgIpc) is 2.65. The number of methoxy groups -OCH3 is 2. The van der Waals surface area contributed by atoms with Gasteiger partial charge in [-0.3, -0.25) is 0 Å². The van der Waals surface area contributed by atoms with E-state index >= 15 is 0 Å². The van der Waals surface area contributed by atoms with Crippen molar-refractivity contribution in [2.75, 3.05) is 33.9 Å². The summed E-state index contributed by atoms with van der Waals surface area (Å²) in [5.74, 6) is -1.51. The molecule has 0 aromatic heterocycles. The molecule has 8 nitrogen and oxygen atoms in total. The molecule has 136 valence electrons. The third-order valence-corrected chi connectivity index (χ3v) is 5.19. The van der Waals surface area contributed by atoms with Crippen LogP contribution in [0.1, 0.15) is 27.1 Å². The van der Waals surface area contributed by atoms with Gasteiger partial charge in [-0.05, 0) is 31.2 Å². The fourth-order valence-electron chi connectivity index (χ4n) is 2.36. The van der Waals surface area contributed by atoms with E-state index < -0.39 is 22.0 Å². The lowest BCUT2D eigenvalue weighted by Crippen LogP contribution is -2.31. The van der Waals surface area contributed by atoms with Gasteiger partial charge in [-0.15, -0.1) is 0 Å². The van der Waals surface area contributed by atoms with Gasteiger partial charge < -0.3 is 14.8 Å². The van der Waals surface area contributed by atoms with Gasteiger partial charge in [0.05, 0.1) is 30.2 Å². The van der Waals surface area contributed by atoms with E-state index in [0.717, 1.165) is 31.7 Å². The molecular formula is C16H20N2O6S. The molecule has 9 heteroatoms. The summed E-state index contributed by atoms with van der Waals surface area (Å²) in [5, 5.41) is 3.14. The average molecular weight is 368 g/mol. The number of nitrogens with one attached hydrogen (secondary N) is 2.